The van der Waals surface area contributed by atoms with Gasteiger partial charge in [0.1, 0.15) is 5.75 Å². The molecule has 20 heavy (non-hydrogen) atoms. The number of hydrogen-bond donors (Lipinski definition) is 2. The van der Waals surface area contributed by atoms with Gasteiger partial charge < -0.3 is 10.4 Å². The summed E-state index contributed by atoms with van der Waals surface area (Å²) >= 11 is 0. The molecule has 3 nitrogen and oxygen atoms in total. The van der Waals surface area contributed by atoms with Crippen LogP contribution in [0.1, 0.15) is 25.5 Å². The van der Waals surface area contributed by atoms with Crippen molar-refractivity contribution in [3.05, 3.63) is 42.0 Å². The summed E-state index contributed by atoms with van der Waals surface area (Å²) in [4.78, 5) is 2.46. The molecule has 1 aliphatic heterocycles. The molecule has 1 fully saturated rings. The number of hydrogen-bond acceptors (Lipinski definition) is 3. The quantitative estimate of drug-likeness (QED) is 0.896. The summed E-state index contributed by atoms with van der Waals surface area (Å²) in [7, 11) is 0. The number of phenolic OH excluding ortho intramolecular Hbond substituents is 1. The largest absolute Gasteiger partial charge is 0.507 e. The van der Waals surface area contributed by atoms with Gasteiger partial charge in [0.25, 0.3) is 0 Å². The van der Waals surface area contributed by atoms with Crippen LogP contribution in [-0.2, 0) is 0 Å². The number of aromatic hydroxyl groups is 1. The predicted octanol–water partition coefficient (Wildman–Crippen LogP) is 2.90. The Labute approximate surface area is 120 Å². The highest BCUT2D eigenvalue weighted by molar-refractivity contribution is 5.89. The molecule has 1 unspecified atom stereocenters. The third-order valence-electron chi connectivity index (χ3n) is 4.47. The topological polar surface area (TPSA) is 35.5 Å². The standard InChI is InChI=1S/C17H22N2O/c1-3-19(14-10-18-11-14)12(2)15-9-8-13-6-4-5-7-16(13)17(15)20/h4-9,12,14,18,20H,3,10-11H2,1-2H3. The molecule has 0 spiro atoms. The average molecular weight is 270 g/mol. The van der Waals surface area contributed by atoms with Crippen molar-refractivity contribution in [3.63, 3.8) is 0 Å². The lowest BCUT2D eigenvalue weighted by Gasteiger charge is -2.41. The fraction of sp³-hybridized carbons (Fsp3) is 0.412. The first-order valence-corrected chi connectivity index (χ1v) is 7.39. The van der Waals surface area contributed by atoms with Crippen LogP contribution in [0.3, 0.4) is 0 Å². The van der Waals surface area contributed by atoms with Crippen LogP contribution in [-0.4, -0.2) is 35.7 Å². The second kappa shape index (κ2) is 5.43. The summed E-state index contributed by atoms with van der Waals surface area (Å²) in [6.45, 7) is 7.47. The molecule has 0 aromatic heterocycles. The van der Waals surface area contributed by atoms with Crippen molar-refractivity contribution < 1.29 is 5.11 Å². The highest BCUT2D eigenvalue weighted by Gasteiger charge is 2.29. The Hall–Kier alpha value is -1.58. The predicted molar refractivity (Wildman–Crippen MR) is 83.1 cm³/mol. The molecule has 3 heteroatoms. The first-order valence-electron chi connectivity index (χ1n) is 7.39. The van der Waals surface area contributed by atoms with Gasteiger partial charge in [0.05, 0.1) is 0 Å². The first-order chi connectivity index (χ1) is 9.72. The van der Waals surface area contributed by atoms with E-state index < -0.39 is 0 Å². The van der Waals surface area contributed by atoms with E-state index >= 15 is 0 Å². The maximum absolute atomic E-state index is 10.6. The van der Waals surface area contributed by atoms with Crippen molar-refractivity contribution in [1.29, 1.82) is 0 Å². The number of fused-ring (bicyclic) bond motifs is 1. The molecular formula is C17H22N2O. The number of benzene rings is 2. The van der Waals surface area contributed by atoms with E-state index in [2.05, 4.69) is 36.2 Å². The van der Waals surface area contributed by atoms with E-state index in [0.29, 0.717) is 11.8 Å². The Bertz CT molecular complexity index is 607. The molecule has 2 N–H and O–H groups in total. The van der Waals surface area contributed by atoms with Crippen molar-refractivity contribution in [2.24, 2.45) is 0 Å². The fourth-order valence-corrected chi connectivity index (χ4v) is 3.14. The molecule has 1 aliphatic rings. The number of phenols is 1. The van der Waals surface area contributed by atoms with Crippen molar-refractivity contribution in [3.8, 4) is 5.75 Å². The van der Waals surface area contributed by atoms with E-state index in [1.165, 1.54) is 0 Å². The van der Waals surface area contributed by atoms with Crippen LogP contribution in [0.4, 0.5) is 0 Å². The van der Waals surface area contributed by atoms with Gasteiger partial charge in [-0.2, -0.15) is 0 Å². The van der Waals surface area contributed by atoms with Gasteiger partial charge in [-0.05, 0) is 18.9 Å². The summed E-state index contributed by atoms with van der Waals surface area (Å²) in [6.07, 6.45) is 0. The second-order valence-electron chi connectivity index (χ2n) is 5.54. The number of rotatable bonds is 4. The van der Waals surface area contributed by atoms with Crippen molar-refractivity contribution >= 4 is 10.8 Å². The normalized spacial score (nSPS) is 17.4. The molecule has 0 bridgehead atoms. The van der Waals surface area contributed by atoms with Crippen LogP contribution in [0.5, 0.6) is 5.75 Å². The molecule has 2 aromatic rings. The Morgan fingerprint density at radius 1 is 1.25 bits per heavy atom. The smallest absolute Gasteiger partial charge is 0.128 e. The molecule has 0 saturated carbocycles. The molecular weight excluding hydrogens is 248 g/mol. The Balaban J connectivity index is 1.98. The Morgan fingerprint density at radius 3 is 2.65 bits per heavy atom. The van der Waals surface area contributed by atoms with E-state index in [4.69, 9.17) is 0 Å². The summed E-state index contributed by atoms with van der Waals surface area (Å²) in [5, 5.41) is 16.0. The van der Waals surface area contributed by atoms with Gasteiger partial charge in [0.15, 0.2) is 0 Å². The van der Waals surface area contributed by atoms with Gasteiger partial charge in [0, 0.05) is 36.1 Å². The molecule has 1 heterocycles. The van der Waals surface area contributed by atoms with Gasteiger partial charge in [-0.15, -0.1) is 0 Å². The lowest BCUT2D eigenvalue weighted by molar-refractivity contribution is 0.108. The maximum Gasteiger partial charge on any atom is 0.128 e. The number of nitrogens with zero attached hydrogens (tertiary/aromatic N) is 1. The minimum absolute atomic E-state index is 0.233. The third kappa shape index (κ3) is 2.17. The van der Waals surface area contributed by atoms with Crippen LogP contribution in [0, 0.1) is 0 Å². The Kier molecular flexibility index (Phi) is 3.64. The molecule has 0 amide bonds. The average Bonchev–Trinajstić information content (AvgIpc) is 2.42. The van der Waals surface area contributed by atoms with Crippen molar-refractivity contribution in [1.82, 2.24) is 10.2 Å². The lowest BCUT2D eigenvalue weighted by Crippen LogP contribution is -2.57. The van der Waals surface area contributed by atoms with Crippen LogP contribution in [0.2, 0.25) is 0 Å². The summed E-state index contributed by atoms with van der Waals surface area (Å²) < 4.78 is 0. The minimum Gasteiger partial charge on any atom is -0.507 e. The monoisotopic (exact) mass is 270 g/mol. The summed E-state index contributed by atoms with van der Waals surface area (Å²) in [5.74, 6) is 0.432. The molecule has 1 atom stereocenters. The van der Waals surface area contributed by atoms with E-state index in [0.717, 1.165) is 36.0 Å². The number of likely N-dealkylation sites (N-methyl/N-ethyl adjacent to an activating group) is 1. The third-order valence-corrected chi connectivity index (χ3v) is 4.47. The molecule has 2 aromatic carbocycles. The molecule has 1 saturated heterocycles. The van der Waals surface area contributed by atoms with E-state index in [-0.39, 0.29) is 6.04 Å². The minimum atomic E-state index is 0.233. The van der Waals surface area contributed by atoms with Crippen LogP contribution in [0.25, 0.3) is 10.8 Å². The van der Waals surface area contributed by atoms with Crippen LogP contribution < -0.4 is 5.32 Å². The molecule has 3 rings (SSSR count). The molecule has 0 radical (unpaired) electrons. The van der Waals surface area contributed by atoms with Gasteiger partial charge in [-0.3, -0.25) is 4.90 Å². The van der Waals surface area contributed by atoms with Gasteiger partial charge in [-0.1, -0.05) is 43.3 Å². The van der Waals surface area contributed by atoms with Crippen molar-refractivity contribution in [2.45, 2.75) is 25.9 Å². The summed E-state index contributed by atoms with van der Waals surface area (Å²) in [6, 6.07) is 13.0. The zero-order chi connectivity index (χ0) is 14.1. The zero-order valence-corrected chi connectivity index (χ0v) is 12.1. The van der Waals surface area contributed by atoms with Crippen molar-refractivity contribution in [2.75, 3.05) is 19.6 Å². The molecule has 0 aliphatic carbocycles. The maximum atomic E-state index is 10.6. The molecule has 106 valence electrons. The second-order valence-corrected chi connectivity index (χ2v) is 5.54. The zero-order valence-electron chi connectivity index (χ0n) is 12.1. The van der Waals surface area contributed by atoms with E-state index in [1.807, 2.05) is 24.3 Å². The van der Waals surface area contributed by atoms with Gasteiger partial charge in [0.2, 0.25) is 0 Å². The Morgan fingerprint density at radius 2 is 2.00 bits per heavy atom. The van der Waals surface area contributed by atoms with Gasteiger partial charge >= 0.3 is 0 Å². The highest BCUT2D eigenvalue weighted by atomic mass is 16.3. The fourth-order valence-electron chi connectivity index (χ4n) is 3.14. The van der Waals surface area contributed by atoms with Crippen LogP contribution >= 0.6 is 0 Å². The van der Waals surface area contributed by atoms with E-state index in [9.17, 15) is 5.11 Å². The number of nitrogens with one attached hydrogen (secondary N) is 1. The SMILES string of the molecule is CCN(C1CNC1)C(C)c1ccc2ccccc2c1O. The highest BCUT2D eigenvalue weighted by Crippen LogP contribution is 2.35. The summed E-state index contributed by atoms with van der Waals surface area (Å²) in [5.41, 5.74) is 1.03. The first kappa shape index (κ1) is 13.4. The van der Waals surface area contributed by atoms with Gasteiger partial charge in [-0.25, -0.2) is 0 Å². The van der Waals surface area contributed by atoms with Crippen LogP contribution in [0.15, 0.2) is 36.4 Å². The van der Waals surface area contributed by atoms with E-state index in [1.54, 1.807) is 0 Å². The lowest BCUT2D eigenvalue weighted by atomic mass is 9.98.